The van der Waals surface area contributed by atoms with Gasteiger partial charge < -0.3 is 15.4 Å². The van der Waals surface area contributed by atoms with Gasteiger partial charge in [-0.2, -0.15) is 0 Å². The minimum Gasteiger partial charge on any atom is -0.381 e. The van der Waals surface area contributed by atoms with Crippen LogP contribution in [0.4, 0.5) is 4.39 Å². The fourth-order valence-electron chi connectivity index (χ4n) is 5.85. The van der Waals surface area contributed by atoms with Crippen molar-refractivity contribution in [2.24, 2.45) is 17.6 Å². The van der Waals surface area contributed by atoms with Crippen LogP contribution in [0, 0.1) is 24.6 Å². The molecule has 176 valence electrons. The predicted octanol–water partition coefficient (Wildman–Crippen LogP) is 2.96. The normalized spacial score (nSPS) is 25.9. The Labute approximate surface area is 190 Å². The minimum absolute atomic E-state index is 0.00832. The summed E-state index contributed by atoms with van der Waals surface area (Å²) in [5.41, 5.74) is 8.25. The Hall–Kier alpha value is -1.99. The van der Waals surface area contributed by atoms with Crippen LogP contribution >= 0.6 is 0 Å². The lowest BCUT2D eigenvalue weighted by Crippen LogP contribution is -2.54. The van der Waals surface area contributed by atoms with Crippen LogP contribution in [0.5, 0.6) is 0 Å². The van der Waals surface area contributed by atoms with Crippen LogP contribution in [0.1, 0.15) is 61.6 Å². The average Bonchev–Trinajstić information content (AvgIpc) is 3.45. The van der Waals surface area contributed by atoms with Gasteiger partial charge in [0.15, 0.2) is 0 Å². The van der Waals surface area contributed by atoms with Crippen molar-refractivity contribution in [3.8, 4) is 0 Å². The van der Waals surface area contributed by atoms with E-state index in [4.69, 9.17) is 10.5 Å². The number of primary amides is 1. The van der Waals surface area contributed by atoms with Crippen molar-refractivity contribution in [3.05, 3.63) is 34.6 Å². The van der Waals surface area contributed by atoms with Gasteiger partial charge in [0.1, 0.15) is 5.82 Å². The van der Waals surface area contributed by atoms with Gasteiger partial charge in [0.05, 0.1) is 12.5 Å². The maximum Gasteiger partial charge on any atom is 0.226 e. The second-order valence-corrected chi connectivity index (χ2v) is 9.88. The van der Waals surface area contributed by atoms with Gasteiger partial charge in [-0.15, -0.1) is 0 Å². The van der Waals surface area contributed by atoms with Crippen LogP contribution in [0.15, 0.2) is 12.1 Å². The number of benzene rings is 1. The van der Waals surface area contributed by atoms with Crippen molar-refractivity contribution in [3.63, 3.8) is 0 Å². The quantitative estimate of drug-likeness (QED) is 0.731. The molecule has 1 aliphatic carbocycles. The molecule has 7 heteroatoms. The van der Waals surface area contributed by atoms with Crippen LogP contribution in [-0.2, 0) is 20.9 Å². The summed E-state index contributed by atoms with van der Waals surface area (Å²) in [4.78, 5) is 29.5. The first kappa shape index (κ1) is 23.2. The zero-order chi connectivity index (χ0) is 22.8. The Morgan fingerprint density at radius 2 is 1.97 bits per heavy atom. The lowest BCUT2D eigenvalue weighted by Gasteiger charge is -2.41. The smallest absolute Gasteiger partial charge is 0.226 e. The van der Waals surface area contributed by atoms with Crippen LogP contribution < -0.4 is 5.73 Å². The molecule has 3 fully saturated rings. The summed E-state index contributed by atoms with van der Waals surface area (Å²) in [5, 5.41) is 0. The molecule has 32 heavy (non-hydrogen) atoms. The molecule has 0 spiro atoms. The Kier molecular flexibility index (Phi) is 7.15. The molecule has 6 nitrogen and oxygen atoms in total. The average molecular weight is 446 g/mol. The number of ether oxygens (including phenoxy) is 1. The number of halogens is 1. The van der Waals surface area contributed by atoms with Crippen molar-refractivity contribution in [2.75, 3.05) is 32.8 Å². The number of hydrogen-bond acceptors (Lipinski definition) is 4. The van der Waals surface area contributed by atoms with E-state index in [1.54, 1.807) is 6.07 Å². The molecular weight excluding hydrogens is 409 g/mol. The minimum atomic E-state index is -0.535. The maximum atomic E-state index is 14.6. The first-order valence-electron chi connectivity index (χ1n) is 12.0. The number of nitrogens with two attached hydrogens (primary N) is 1. The van der Waals surface area contributed by atoms with Crippen LogP contribution in [-0.4, -0.2) is 60.5 Å². The van der Waals surface area contributed by atoms with Crippen molar-refractivity contribution >= 4 is 11.8 Å². The van der Waals surface area contributed by atoms with E-state index in [2.05, 4.69) is 11.8 Å². The van der Waals surface area contributed by atoms with E-state index in [-0.39, 0.29) is 23.7 Å². The largest absolute Gasteiger partial charge is 0.381 e. The highest BCUT2D eigenvalue weighted by Gasteiger charge is 2.35. The fourth-order valence-corrected chi connectivity index (χ4v) is 5.85. The van der Waals surface area contributed by atoms with Crippen LogP contribution in [0.3, 0.4) is 0 Å². The van der Waals surface area contributed by atoms with E-state index in [0.717, 1.165) is 56.3 Å². The van der Waals surface area contributed by atoms with Gasteiger partial charge in [0.25, 0.3) is 0 Å². The molecule has 2 saturated heterocycles. The third kappa shape index (κ3) is 4.84. The van der Waals surface area contributed by atoms with Gasteiger partial charge in [0.2, 0.25) is 11.8 Å². The highest BCUT2D eigenvalue weighted by molar-refractivity contribution is 5.83. The van der Waals surface area contributed by atoms with E-state index >= 15 is 0 Å². The molecule has 4 rings (SSSR count). The van der Waals surface area contributed by atoms with Crippen molar-refractivity contribution in [1.82, 2.24) is 9.80 Å². The van der Waals surface area contributed by atoms with Crippen molar-refractivity contribution < 1.29 is 18.7 Å². The topological polar surface area (TPSA) is 75.9 Å². The Bertz CT molecular complexity index is 849. The monoisotopic (exact) mass is 445 g/mol. The van der Waals surface area contributed by atoms with Gasteiger partial charge in [-0.1, -0.05) is 12.8 Å². The highest BCUT2D eigenvalue weighted by Crippen LogP contribution is 2.35. The summed E-state index contributed by atoms with van der Waals surface area (Å²) in [6.07, 6.45) is 5.11. The molecule has 1 aromatic rings. The number of carbonyl (C=O) groups excluding carboxylic acids is 2. The second-order valence-electron chi connectivity index (χ2n) is 9.88. The van der Waals surface area contributed by atoms with Crippen LogP contribution in [0.25, 0.3) is 0 Å². The summed E-state index contributed by atoms with van der Waals surface area (Å²) < 4.78 is 20.1. The van der Waals surface area contributed by atoms with Gasteiger partial charge in [-0.05, 0) is 61.9 Å². The Balaban J connectivity index is 1.47. The third-order valence-corrected chi connectivity index (χ3v) is 7.69. The molecule has 2 unspecified atom stereocenters. The van der Waals surface area contributed by atoms with Crippen molar-refractivity contribution in [1.29, 1.82) is 0 Å². The number of hydrogen-bond donors (Lipinski definition) is 1. The fraction of sp³-hybridized carbons (Fsp3) is 0.680. The zero-order valence-electron chi connectivity index (χ0n) is 19.3. The maximum absolute atomic E-state index is 14.6. The molecule has 1 aromatic carbocycles. The van der Waals surface area contributed by atoms with E-state index < -0.39 is 11.8 Å². The first-order valence-corrected chi connectivity index (χ1v) is 12.0. The molecule has 0 aromatic heterocycles. The molecule has 3 atom stereocenters. The number of carbonyl (C=O) groups is 2. The summed E-state index contributed by atoms with van der Waals surface area (Å²) in [5.74, 6) is -0.802. The summed E-state index contributed by atoms with van der Waals surface area (Å²) >= 11 is 0. The molecule has 2 heterocycles. The summed E-state index contributed by atoms with van der Waals surface area (Å²) in [6, 6.07) is 3.18. The summed E-state index contributed by atoms with van der Waals surface area (Å²) in [6.45, 7) is 7.99. The number of amides is 2. The molecule has 3 aliphatic rings. The second kappa shape index (κ2) is 9.87. The number of piperazine rings is 1. The molecule has 2 amide bonds. The van der Waals surface area contributed by atoms with Gasteiger partial charge in [0, 0.05) is 50.7 Å². The van der Waals surface area contributed by atoms with Crippen LogP contribution in [0.2, 0.25) is 0 Å². The molecule has 2 N–H and O–H groups in total. The van der Waals surface area contributed by atoms with E-state index in [1.807, 2.05) is 11.8 Å². The summed E-state index contributed by atoms with van der Waals surface area (Å²) in [7, 11) is 0. The molecule has 0 radical (unpaired) electrons. The standard InChI is InChI=1S/C25H36FN3O3/c1-16-13-28(8-9-29(16)25(31)18-5-3-4-6-18)14-20-11-21(26)12-22(17(20)2)23(24(27)30)19-7-10-32-15-19/h11-12,16,18-19,23H,3-10,13-15H2,1-2H3,(H2,27,30)/t16-,19?,23?/m0/s1. The Morgan fingerprint density at radius 1 is 1.22 bits per heavy atom. The molecule has 0 bridgehead atoms. The van der Waals surface area contributed by atoms with Gasteiger partial charge >= 0.3 is 0 Å². The van der Waals surface area contributed by atoms with E-state index in [1.165, 1.54) is 6.07 Å². The zero-order valence-corrected chi connectivity index (χ0v) is 19.3. The Morgan fingerprint density at radius 3 is 2.59 bits per heavy atom. The molecule has 1 saturated carbocycles. The lowest BCUT2D eigenvalue weighted by atomic mass is 9.81. The molecule has 2 aliphatic heterocycles. The number of nitrogens with zero attached hydrogens (tertiary/aromatic N) is 2. The highest BCUT2D eigenvalue weighted by atomic mass is 19.1. The SMILES string of the molecule is Cc1c(CN2CCN(C(=O)C3CCCC3)[C@@H](C)C2)cc(F)cc1C(C(N)=O)C1CCOC1. The van der Waals surface area contributed by atoms with E-state index in [9.17, 15) is 14.0 Å². The van der Waals surface area contributed by atoms with Crippen molar-refractivity contribution in [2.45, 2.75) is 64.5 Å². The van der Waals surface area contributed by atoms with Gasteiger partial charge in [-0.3, -0.25) is 14.5 Å². The predicted molar refractivity (Wildman–Crippen MR) is 120 cm³/mol. The molecular formula is C25H36FN3O3. The van der Waals surface area contributed by atoms with Gasteiger partial charge in [-0.25, -0.2) is 4.39 Å². The van der Waals surface area contributed by atoms with E-state index in [0.29, 0.717) is 37.8 Å². The lowest BCUT2D eigenvalue weighted by molar-refractivity contribution is -0.140. The third-order valence-electron chi connectivity index (χ3n) is 7.69. The number of rotatable bonds is 6. The first-order chi connectivity index (χ1) is 15.3.